The standard InChI is InChI=1S/C13H20N2/c1-12(2,3)10(14-7)9-11(15-8)13(4,5)6/h9-10H,1-6H3/b11-9-. The minimum atomic E-state index is -0.221. The molecule has 1 atom stereocenters. The molecule has 0 aromatic carbocycles. The minimum Gasteiger partial charge on any atom is -0.310 e. The Bertz CT molecular complexity index is 324. The molecule has 0 heterocycles. The van der Waals surface area contributed by atoms with E-state index in [2.05, 4.69) is 9.69 Å². The zero-order chi connectivity index (χ0) is 12.3. The van der Waals surface area contributed by atoms with Gasteiger partial charge in [-0.05, 0) is 11.5 Å². The summed E-state index contributed by atoms with van der Waals surface area (Å²) in [4.78, 5) is 7.12. The maximum absolute atomic E-state index is 7.17. The van der Waals surface area contributed by atoms with Gasteiger partial charge in [0, 0.05) is 5.41 Å². The molecular weight excluding hydrogens is 184 g/mol. The van der Waals surface area contributed by atoms with E-state index >= 15 is 0 Å². The van der Waals surface area contributed by atoms with Crippen LogP contribution in [0.15, 0.2) is 11.8 Å². The largest absolute Gasteiger partial charge is 0.310 e. The molecule has 1 unspecified atom stereocenters. The summed E-state index contributed by atoms with van der Waals surface area (Å²) in [6.07, 6.45) is 1.82. The van der Waals surface area contributed by atoms with E-state index in [9.17, 15) is 0 Å². The maximum Gasteiger partial charge on any atom is 0.237 e. The topological polar surface area (TPSA) is 8.72 Å². The van der Waals surface area contributed by atoms with Crippen LogP contribution in [0.5, 0.6) is 0 Å². The van der Waals surface area contributed by atoms with E-state index in [0.717, 1.165) is 0 Å². The van der Waals surface area contributed by atoms with Crippen LogP contribution in [0, 0.1) is 24.0 Å². The predicted molar refractivity (Wildman–Crippen MR) is 64.0 cm³/mol. The molecule has 15 heavy (non-hydrogen) atoms. The van der Waals surface area contributed by atoms with Gasteiger partial charge in [-0.3, -0.25) is 0 Å². The summed E-state index contributed by atoms with van der Waals surface area (Å²) in [5.41, 5.74) is 0.400. The molecular formula is C13H20N2. The number of allylic oxidation sites excluding steroid dienone is 1. The van der Waals surface area contributed by atoms with Gasteiger partial charge < -0.3 is 4.85 Å². The fraction of sp³-hybridized carbons (Fsp3) is 0.692. The Morgan fingerprint density at radius 3 is 1.73 bits per heavy atom. The van der Waals surface area contributed by atoms with Gasteiger partial charge in [0.05, 0.1) is 6.57 Å². The first kappa shape index (κ1) is 13.7. The Balaban J connectivity index is 5.20. The van der Waals surface area contributed by atoms with E-state index < -0.39 is 0 Å². The number of hydrogen-bond acceptors (Lipinski definition) is 0. The molecule has 0 aliphatic heterocycles. The molecule has 2 nitrogen and oxygen atoms in total. The van der Waals surface area contributed by atoms with Crippen molar-refractivity contribution in [3.05, 3.63) is 34.6 Å². The molecule has 0 fully saturated rings. The van der Waals surface area contributed by atoms with Gasteiger partial charge in [-0.1, -0.05) is 41.5 Å². The molecule has 0 N–H and O–H groups in total. The van der Waals surface area contributed by atoms with Crippen LogP contribution in [0.2, 0.25) is 0 Å². The first-order chi connectivity index (χ1) is 6.62. The Hall–Kier alpha value is -1.28. The fourth-order valence-electron chi connectivity index (χ4n) is 1.09. The van der Waals surface area contributed by atoms with Gasteiger partial charge in [0.25, 0.3) is 0 Å². The average molecular weight is 204 g/mol. The molecule has 0 saturated carbocycles. The van der Waals surface area contributed by atoms with Gasteiger partial charge in [0.15, 0.2) is 5.70 Å². The predicted octanol–water partition coefficient (Wildman–Crippen LogP) is 4.17. The third-order valence-electron chi connectivity index (χ3n) is 2.23. The van der Waals surface area contributed by atoms with Gasteiger partial charge in [-0.25, -0.2) is 11.4 Å². The fourth-order valence-corrected chi connectivity index (χ4v) is 1.09. The van der Waals surface area contributed by atoms with Crippen molar-refractivity contribution in [2.45, 2.75) is 47.6 Å². The Kier molecular flexibility index (Phi) is 4.11. The number of hydrogen-bond donors (Lipinski definition) is 0. The van der Waals surface area contributed by atoms with E-state index in [1.807, 2.05) is 47.6 Å². The Morgan fingerprint density at radius 2 is 1.53 bits per heavy atom. The van der Waals surface area contributed by atoms with Crippen molar-refractivity contribution in [3.63, 3.8) is 0 Å². The van der Waals surface area contributed by atoms with Gasteiger partial charge in [0.1, 0.15) is 0 Å². The summed E-state index contributed by atoms with van der Waals surface area (Å²) in [5.74, 6) is 0. The van der Waals surface area contributed by atoms with E-state index in [0.29, 0.717) is 5.70 Å². The van der Waals surface area contributed by atoms with Crippen LogP contribution in [0.3, 0.4) is 0 Å². The zero-order valence-corrected chi connectivity index (χ0v) is 10.5. The summed E-state index contributed by atoms with van der Waals surface area (Å²) < 4.78 is 0. The molecule has 0 radical (unpaired) electrons. The van der Waals surface area contributed by atoms with Crippen molar-refractivity contribution < 1.29 is 0 Å². The van der Waals surface area contributed by atoms with Crippen LogP contribution >= 0.6 is 0 Å². The molecule has 0 rings (SSSR count). The summed E-state index contributed by atoms with van der Waals surface area (Å²) in [6.45, 7) is 26.4. The highest BCUT2D eigenvalue weighted by Crippen LogP contribution is 2.31. The van der Waals surface area contributed by atoms with Crippen LogP contribution in [0.4, 0.5) is 0 Å². The van der Waals surface area contributed by atoms with Crippen LogP contribution in [0.25, 0.3) is 9.69 Å². The summed E-state index contributed by atoms with van der Waals surface area (Å²) in [7, 11) is 0. The second-order valence-electron chi connectivity index (χ2n) is 5.85. The monoisotopic (exact) mass is 204 g/mol. The Morgan fingerprint density at radius 1 is 1.07 bits per heavy atom. The average Bonchev–Trinajstić information content (AvgIpc) is 2.01. The quantitative estimate of drug-likeness (QED) is 0.567. The highest BCUT2D eigenvalue weighted by atomic mass is 14.8. The lowest BCUT2D eigenvalue weighted by Gasteiger charge is -2.21. The SMILES string of the molecule is [C-]#[N+]/C(=C\C([N+]#[C-])C(C)(C)C)C(C)(C)C. The van der Waals surface area contributed by atoms with Crippen molar-refractivity contribution in [3.8, 4) is 0 Å². The second-order valence-corrected chi connectivity index (χ2v) is 5.85. The molecule has 0 saturated heterocycles. The normalized spacial score (nSPS) is 15.3. The number of rotatable bonds is 1. The molecule has 0 amide bonds. The molecule has 0 spiro atoms. The van der Waals surface area contributed by atoms with E-state index in [1.165, 1.54) is 0 Å². The van der Waals surface area contributed by atoms with Crippen LogP contribution in [0.1, 0.15) is 41.5 Å². The molecule has 0 aromatic rings. The van der Waals surface area contributed by atoms with Crippen molar-refractivity contribution in [1.82, 2.24) is 0 Å². The lowest BCUT2D eigenvalue weighted by Crippen LogP contribution is -2.22. The van der Waals surface area contributed by atoms with Gasteiger partial charge in [0.2, 0.25) is 6.04 Å². The van der Waals surface area contributed by atoms with E-state index in [1.54, 1.807) is 0 Å². The first-order valence-corrected chi connectivity index (χ1v) is 5.09. The first-order valence-electron chi connectivity index (χ1n) is 5.09. The van der Waals surface area contributed by atoms with Gasteiger partial charge >= 0.3 is 0 Å². The minimum absolute atomic E-state index is 0.108. The van der Waals surface area contributed by atoms with Crippen LogP contribution < -0.4 is 0 Å². The lowest BCUT2D eigenvalue weighted by molar-refractivity contribution is 0.394. The highest BCUT2D eigenvalue weighted by molar-refractivity contribution is 5.23. The molecule has 0 bridgehead atoms. The summed E-state index contributed by atoms with van der Waals surface area (Å²) >= 11 is 0. The van der Waals surface area contributed by atoms with Gasteiger partial charge in [-0.2, -0.15) is 0 Å². The van der Waals surface area contributed by atoms with Crippen LogP contribution in [-0.4, -0.2) is 6.04 Å². The smallest absolute Gasteiger partial charge is 0.237 e. The molecule has 82 valence electrons. The van der Waals surface area contributed by atoms with Crippen molar-refractivity contribution in [1.29, 1.82) is 0 Å². The third-order valence-corrected chi connectivity index (χ3v) is 2.23. The molecule has 0 aliphatic rings. The number of nitrogens with zero attached hydrogens (tertiary/aromatic N) is 2. The van der Waals surface area contributed by atoms with E-state index in [-0.39, 0.29) is 16.9 Å². The Labute approximate surface area is 93.6 Å². The van der Waals surface area contributed by atoms with Gasteiger partial charge in [-0.15, -0.1) is 0 Å². The van der Waals surface area contributed by atoms with Crippen LogP contribution in [-0.2, 0) is 0 Å². The molecule has 2 heteroatoms. The van der Waals surface area contributed by atoms with E-state index in [4.69, 9.17) is 13.1 Å². The summed E-state index contributed by atoms with van der Waals surface area (Å²) in [6, 6.07) is -0.221. The van der Waals surface area contributed by atoms with Crippen molar-refractivity contribution in [2.75, 3.05) is 0 Å². The molecule has 0 aromatic heterocycles. The second kappa shape index (κ2) is 4.49. The third kappa shape index (κ3) is 4.17. The zero-order valence-electron chi connectivity index (χ0n) is 10.5. The summed E-state index contributed by atoms with van der Waals surface area (Å²) in [5, 5.41) is 0. The van der Waals surface area contributed by atoms with Crippen molar-refractivity contribution in [2.24, 2.45) is 10.8 Å². The maximum atomic E-state index is 7.17. The highest BCUT2D eigenvalue weighted by Gasteiger charge is 2.30. The lowest BCUT2D eigenvalue weighted by atomic mass is 9.83. The molecule has 0 aliphatic carbocycles. The van der Waals surface area contributed by atoms with Crippen molar-refractivity contribution >= 4 is 0 Å².